The molecule has 0 unspecified atom stereocenters. The number of benzene rings is 17. The van der Waals surface area contributed by atoms with Crippen LogP contribution in [0.4, 0.5) is 0 Å². The monoisotopic (exact) mass is 1260 g/mol. The first-order valence-corrected chi connectivity index (χ1v) is 35.8. The normalized spacial score (nSPS) is 11.5. The molecule has 0 saturated carbocycles. The predicted molar refractivity (Wildman–Crippen MR) is 437 cm³/mol. The second-order valence-electron chi connectivity index (χ2n) is 25.2. The van der Waals surface area contributed by atoms with Crippen LogP contribution < -0.4 is 0 Å². The van der Waals surface area contributed by atoms with Crippen molar-refractivity contribution in [2.24, 2.45) is 0 Å². The zero-order chi connectivity index (χ0) is 69.2. The summed E-state index contributed by atoms with van der Waals surface area (Å²) in [6, 6.07) is 98.3. The molecule has 18 rings (SSSR count). The van der Waals surface area contributed by atoms with E-state index in [0.717, 1.165) is 0 Å². The number of aryl methyl sites for hydroxylation is 6. The molecule has 17 aromatic carbocycles. The summed E-state index contributed by atoms with van der Waals surface area (Å²) in [7, 11) is 0. The standard InChI is InChI=1S/2C29H22.C15H14.C14H10.5C2H6/c2*1-17-4-5-21-16-22(7-6-20(21)12-17)27-15-19(3)25-10-8-23-13-18(2)14-24-9-11-26(27)29(25)28(23)24;1-15(2)13-9-5-3-7-11(13)12-8-4-6-10-14(12)15;1-3-7-13-11(5-1)9-10-12-6-2-4-8-14(12)13;5*1-2/h2*4-16H,1-3H3;3-10H,1-2H3;1-10H;5*1-2H3. The summed E-state index contributed by atoms with van der Waals surface area (Å²) in [4.78, 5) is 0. The highest BCUT2D eigenvalue weighted by molar-refractivity contribution is 6.28. The van der Waals surface area contributed by atoms with Crippen LogP contribution in [0.25, 0.3) is 141 Å². The molecule has 0 spiro atoms. The van der Waals surface area contributed by atoms with E-state index in [-0.39, 0.29) is 5.41 Å². The number of rotatable bonds is 2. The molecule has 0 aliphatic heterocycles. The Hall–Kier alpha value is -10.1. The zero-order valence-electron chi connectivity index (χ0n) is 60.9. The van der Waals surface area contributed by atoms with Crippen LogP contribution in [0, 0.1) is 41.5 Å². The van der Waals surface area contributed by atoms with Crippen molar-refractivity contribution in [3.8, 4) is 33.4 Å². The Morgan fingerprint density at radius 1 is 0.196 bits per heavy atom. The van der Waals surface area contributed by atoms with E-state index in [2.05, 4.69) is 322 Å². The van der Waals surface area contributed by atoms with Gasteiger partial charge in [-0.15, -0.1) is 0 Å². The lowest BCUT2D eigenvalue weighted by Gasteiger charge is -2.20. The zero-order valence-corrected chi connectivity index (χ0v) is 60.9. The molecule has 486 valence electrons. The van der Waals surface area contributed by atoms with E-state index in [4.69, 9.17) is 0 Å². The average Bonchev–Trinajstić information content (AvgIpc) is 1.54. The van der Waals surface area contributed by atoms with E-state index in [1.54, 1.807) is 0 Å². The van der Waals surface area contributed by atoms with Gasteiger partial charge in [-0.05, 0) is 228 Å². The van der Waals surface area contributed by atoms with E-state index in [0.29, 0.717) is 0 Å². The topological polar surface area (TPSA) is 0 Å². The minimum absolute atomic E-state index is 0.160. The lowest BCUT2D eigenvalue weighted by Crippen LogP contribution is -2.14. The molecular formula is C97H98. The van der Waals surface area contributed by atoms with Crippen LogP contribution in [-0.2, 0) is 5.41 Å². The fourth-order valence-electron chi connectivity index (χ4n) is 14.7. The Bertz CT molecular complexity index is 5170. The van der Waals surface area contributed by atoms with Crippen molar-refractivity contribution >= 4 is 108 Å². The molecule has 0 heterocycles. The minimum atomic E-state index is 0.160. The molecule has 0 atom stereocenters. The summed E-state index contributed by atoms with van der Waals surface area (Å²) in [6.45, 7) is 37.8. The van der Waals surface area contributed by atoms with Crippen molar-refractivity contribution in [2.75, 3.05) is 0 Å². The van der Waals surface area contributed by atoms with Crippen molar-refractivity contribution in [3.05, 3.63) is 311 Å². The number of hydrogen-bond acceptors (Lipinski definition) is 0. The molecule has 0 saturated heterocycles. The van der Waals surface area contributed by atoms with Gasteiger partial charge in [-0.25, -0.2) is 0 Å². The van der Waals surface area contributed by atoms with E-state index in [1.165, 1.54) is 186 Å². The van der Waals surface area contributed by atoms with Gasteiger partial charge >= 0.3 is 0 Å². The van der Waals surface area contributed by atoms with Gasteiger partial charge in [-0.3, -0.25) is 0 Å². The summed E-state index contributed by atoms with van der Waals surface area (Å²) in [6.07, 6.45) is 0. The second-order valence-corrected chi connectivity index (χ2v) is 25.2. The van der Waals surface area contributed by atoms with Crippen molar-refractivity contribution in [3.63, 3.8) is 0 Å². The van der Waals surface area contributed by atoms with Crippen LogP contribution >= 0.6 is 0 Å². The van der Waals surface area contributed by atoms with E-state index in [9.17, 15) is 0 Å². The van der Waals surface area contributed by atoms with E-state index >= 15 is 0 Å². The van der Waals surface area contributed by atoms with Crippen molar-refractivity contribution in [2.45, 2.75) is 130 Å². The first kappa shape index (κ1) is 69.7. The fraction of sp³-hybridized carbons (Fsp3) is 0.196. The lowest BCUT2D eigenvalue weighted by molar-refractivity contribution is 0.660. The third-order valence-electron chi connectivity index (χ3n) is 18.9. The van der Waals surface area contributed by atoms with Gasteiger partial charge in [0, 0.05) is 5.41 Å². The van der Waals surface area contributed by atoms with Gasteiger partial charge in [0.1, 0.15) is 0 Å². The average molecular weight is 1260 g/mol. The van der Waals surface area contributed by atoms with Gasteiger partial charge in [-0.1, -0.05) is 349 Å². The smallest absolute Gasteiger partial charge is 0.0158 e. The van der Waals surface area contributed by atoms with Gasteiger partial charge in [0.15, 0.2) is 0 Å². The Kier molecular flexibility index (Phi) is 22.1. The van der Waals surface area contributed by atoms with Crippen molar-refractivity contribution in [1.29, 1.82) is 0 Å². The van der Waals surface area contributed by atoms with Gasteiger partial charge < -0.3 is 0 Å². The second kappa shape index (κ2) is 30.7. The largest absolute Gasteiger partial charge is 0.0683 e. The molecule has 97 heavy (non-hydrogen) atoms. The van der Waals surface area contributed by atoms with Gasteiger partial charge in [-0.2, -0.15) is 0 Å². The SMILES string of the molecule is CC.CC.CC.CC.CC.CC1(C)c2ccccc2-c2ccccc21.Cc1ccc2cc(-c3cc(C)c4ccc5cc(C)cc6ccc3c4c56)ccc2c1.Cc1ccc2cc(-c3cc(C)c4ccc5cc(C)cc6ccc3c4c56)ccc2c1.c1ccc2c(c1)ccc1ccccc12. The van der Waals surface area contributed by atoms with Crippen LogP contribution in [-0.4, -0.2) is 0 Å². The molecule has 0 nitrogen and oxygen atoms in total. The van der Waals surface area contributed by atoms with Gasteiger partial charge in [0.25, 0.3) is 0 Å². The van der Waals surface area contributed by atoms with Crippen LogP contribution in [0.3, 0.4) is 0 Å². The quantitative estimate of drug-likeness (QED) is 0.151. The molecule has 0 bridgehead atoms. The maximum absolute atomic E-state index is 2.36. The first-order chi connectivity index (χ1) is 47.3. The lowest BCUT2D eigenvalue weighted by atomic mass is 9.82. The van der Waals surface area contributed by atoms with Crippen LogP contribution in [0.5, 0.6) is 0 Å². The molecule has 1 aliphatic rings. The summed E-state index contributed by atoms with van der Waals surface area (Å²) in [5.41, 5.74) is 19.0. The summed E-state index contributed by atoms with van der Waals surface area (Å²) in [5, 5.41) is 26.9. The highest BCUT2D eigenvalue weighted by Gasteiger charge is 2.34. The first-order valence-electron chi connectivity index (χ1n) is 35.8. The van der Waals surface area contributed by atoms with Gasteiger partial charge in [0.2, 0.25) is 0 Å². The third-order valence-corrected chi connectivity index (χ3v) is 18.9. The highest BCUT2D eigenvalue weighted by Crippen LogP contribution is 2.49. The Morgan fingerprint density at radius 3 is 0.866 bits per heavy atom. The van der Waals surface area contributed by atoms with E-state index < -0.39 is 0 Å². The predicted octanol–water partition coefficient (Wildman–Crippen LogP) is 29.8. The van der Waals surface area contributed by atoms with Crippen molar-refractivity contribution in [1.82, 2.24) is 0 Å². The summed E-state index contributed by atoms with van der Waals surface area (Å²) in [5.74, 6) is 0. The molecule has 0 radical (unpaired) electrons. The molecule has 0 amide bonds. The Morgan fingerprint density at radius 2 is 0.485 bits per heavy atom. The fourth-order valence-corrected chi connectivity index (χ4v) is 14.7. The van der Waals surface area contributed by atoms with Crippen LogP contribution in [0.1, 0.15) is 128 Å². The maximum atomic E-state index is 2.36. The number of hydrogen-bond donors (Lipinski definition) is 0. The molecule has 0 heteroatoms. The molecule has 0 aromatic heterocycles. The van der Waals surface area contributed by atoms with Crippen LogP contribution in [0.15, 0.2) is 267 Å². The van der Waals surface area contributed by atoms with Crippen LogP contribution in [0.2, 0.25) is 0 Å². The Labute approximate surface area is 579 Å². The summed E-state index contributed by atoms with van der Waals surface area (Å²) < 4.78 is 0. The molecule has 1 aliphatic carbocycles. The Balaban J connectivity index is 0.000000140. The minimum Gasteiger partial charge on any atom is -0.0683 e. The molecule has 17 aromatic rings. The molecule has 0 N–H and O–H groups in total. The van der Waals surface area contributed by atoms with E-state index in [1.807, 2.05) is 69.2 Å². The van der Waals surface area contributed by atoms with Gasteiger partial charge in [0.05, 0.1) is 0 Å². The molecular weight excluding hydrogens is 1170 g/mol. The third kappa shape index (κ3) is 13.6. The highest BCUT2D eigenvalue weighted by atomic mass is 14.4. The van der Waals surface area contributed by atoms with Crippen molar-refractivity contribution < 1.29 is 0 Å². The maximum Gasteiger partial charge on any atom is 0.0158 e. The summed E-state index contributed by atoms with van der Waals surface area (Å²) >= 11 is 0. The number of fused-ring (bicyclic) bond motifs is 8. The molecule has 0 fully saturated rings.